The number of aliphatic hydroxyl groups is 1. The number of β-amino-alcohol motifs (C(OH)–C–C–N with tert-alkyl or cyclic N) is 1. The molecular weight excluding hydrogens is 408 g/mol. The van der Waals surface area contributed by atoms with Gasteiger partial charge in [-0.3, -0.25) is 0 Å². The number of aliphatic hydroxyl groups excluding tert-OH is 1. The molecule has 25 heavy (non-hydrogen) atoms. The predicted octanol–water partition coefficient (Wildman–Crippen LogP) is 2.81. The maximum Gasteiger partial charge on any atom is 0.328 e. The minimum atomic E-state index is -0.914. The Labute approximate surface area is 158 Å². The molecule has 2 aromatic rings. The molecule has 1 aromatic heterocycles. The number of alkyl halides is 1. The van der Waals surface area contributed by atoms with Crippen molar-refractivity contribution in [2.24, 2.45) is 0 Å². The van der Waals surface area contributed by atoms with Gasteiger partial charge in [0, 0.05) is 12.4 Å². The number of hydrogen-bond donors (Lipinski definition) is 1. The zero-order chi connectivity index (χ0) is 18.0. The number of carbonyl (C=O) groups is 1. The molecule has 2 unspecified atom stereocenters. The monoisotopic (exact) mass is 426 g/mol. The van der Waals surface area contributed by atoms with Crippen LogP contribution in [-0.2, 0) is 6.42 Å². The summed E-state index contributed by atoms with van der Waals surface area (Å²) < 4.78 is 6.03. The molecule has 1 aliphatic rings. The summed E-state index contributed by atoms with van der Waals surface area (Å²) >= 11 is 4.69. The number of aromatic nitrogens is 2. The zero-order valence-electron chi connectivity index (χ0n) is 13.9. The standard InChI is InChI=1S/C16H19BrN4O3S/c1-3-10-5-4-6-11(7-10)24-12(8-17)14-18-19-15(25-14)21-13(22)9-20(2)16(21)23/h4-7,12-13,22H,3,8-9H2,1-2H3. The van der Waals surface area contributed by atoms with Crippen LogP contribution in [0.4, 0.5) is 9.93 Å². The fourth-order valence-corrected chi connectivity index (χ4v) is 4.09. The number of ether oxygens (including phenoxy) is 1. The molecule has 0 spiro atoms. The second-order valence-electron chi connectivity index (χ2n) is 5.70. The Morgan fingerprint density at radius 1 is 1.48 bits per heavy atom. The fourth-order valence-electron chi connectivity index (χ4n) is 2.53. The zero-order valence-corrected chi connectivity index (χ0v) is 16.3. The maximum absolute atomic E-state index is 12.1. The molecule has 1 aromatic carbocycles. The van der Waals surface area contributed by atoms with E-state index >= 15 is 0 Å². The highest BCUT2D eigenvalue weighted by Crippen LogP contribution is 2.32. The van der Waals surface area contributed by atoms with E-state index in [1.54, 1.807) is 7.05 Å². The van der Waals surface area contributed by atoms with Crippen LogP contribution in [0.25, 0.3) is 0 Å². The molecule has 0 saturated carbocycles. The first-order valence-electron chi connectivity index (χ1n) is 7.90. The van der Waals surface area contributed by atoms with E-state index in [1.165, 1.54) is 26.7 Å². The number of anilines is 1. The van der Waals surface area contributed by atoms with E-state index in [0.29, 0.717) is 15.5 Å². The topological polar surface area (TPSA) is 78.8 Å². The largest absolute Gasteiger partial charge is 0.482 e. The van der Waals surface area contributed by atoms with E-state index in [0.717, 1.165) is 12.2 Å². The average Bonchev–Trinajstić information content (AvgIpc) is 3.17. The average molecular weight is 427 g/mol. The van der Waals surface area contributed by atoms with Gasteiger partial charge in [0.15, 0.2) is 17.3 Å². The lowest BCUT2D eigenvalue weighted by Crippen LogP contribution is -2.34. The summed E-state index contributed by atoms with van der Waals surface area (Å²) in [5.74, 6) is 0.762. The molecule has 7 nitrogen and oxygen atoms in total. The third kappa shape index (κ3) is 3.78. The van der Waals surface area contributed by atoms with Crippen LogP contribution in [-0.4, -0.2) is 51.4 Å². The molecule has 134 valence electrons. The van der Waals surface area contributed by atoms with Crippen LogP contribution < -0.4 is 9.64 Å². The Morgan fingerprint density at radius 3 is 2.92 bits per heavy atom. The fraction of sp³-hybridized carbons (Fsp3) is 0.438. The van der Waals surface area contributed by atoms with E-state index in [-0.39, 0.29) is 18.7 Å². The van der Waals surface area contributed by atoms with Gasteiger partial charge in [0.2, 0.25) is 5.13 Å². The lowest BCUT2D eigenvalue weighted by Gasteiger charge is -2.15. The number of likely N-dealkylation sites (N-methyl/N-ethyl adjacent to an activating group) is 1. The van der Waals surface area contributed by atoms with Gasteiger partial charge in [-0.2, -0.15) is 0 Å². The molecule has 0 aliphatic carbocycles. The number of aryl methyl sites for hydroxylation is 1. The number of halogens is 1. The first kappa shape index (κ1) is 18.1. The van der Waals surface area contributed by atoms with Crippen molar-refractivity contribution in [1.82, 2.24) is 15.1 Å². The smallest absolute Gasteiger partial charge is 0.328 e. The number of rotatable bonds is 6. The van der Waals surface area contributed by atoms with Crippen molar-refractivity contribution in [3.63, 3.8) is 0 Å². The van der Waals surface area contributed by atoms with Crippen LogP contribution in [0.15, 0.2) is 24.3 Å². The summed E-state index contributed by atoms with van der Waals surface area (Å²) in [5, 5.41) is 19.8. The number of benzene rings is 1. The van der Waals surface area contributed by atoms with Crippen LogP contribution in [0.5, 0.6) is 5.75 Å². The van der Waals surface area contributed by atoms with Crippen LogP contribution in [0.1, 0.15) is 23.6 Å². The van der Waals surface area contributed by atoms with Gasteiger partial charge in [0.25, 0.3) is 0 Å². The highest BCUT2D eigenvalue weighted by Gasteiger charge is 2.37. The molecule has 0 bridgehead atoms. The van der Waals surface area contributed by atoms with Crippen LogP contribution in [0, 0.1) is 0 Å². The molecule has 3 rings (SSSR count). The Hall–Kier alpha value is -1.71. The molecule has 1 saturated heterocycles. The van der Waals surface area contributed by atoms with Gasteiger partial charge in [-0.15, -0.1) is 10.2 Å². The third-order valence-electron chi connectivity index (χ3n) is 3.90. The number of carbonyl (C=O) groups excluding carboxylic acids is 1. The second-order valence-corrected chi connectivity index (χ2v) is 7.33. The predicted molar refractivity (Wildman–Crippen MR) is 99.4 cm³/mol. The molecule has 1 fully saturated rings. The van der Waals surface area contributed by atoms with Crippen molar-refractivity contribution >= 4 is 38.4 Å². The van der Waals surface area contributed by atoms with Gasteiger partial charge < -0.3 is 14.7 Å². The van der Waals surface area contributed by atoms with Gasteiger partial charge in [-0.25, -0.2) is 9.69 Å². The molecule has 1 N–H and O–H groups in total. The Morgan fingerprint density at radius 2 is 2.28 bits per heavy atom. The van der Waals surface area contributed by atoms with E-state index in [1.807, 2.05) is 18.2 Å². The van der Waals surface area contributed by atoms with Crippen molar-refractivity contribution in [3.05, 3.63) is 34.8 Å². The van der Waals surface area contributed by atoms with Crippen molar-refractivity contribution < 1.29 is 14.6 Å². The van der Waals surface area contributed by atoms with E-state index in [4.69, 9.17) is 4.74 Å². The van der Waals surface area contributed by atoms with E-state index in [2.05, 4.69) is 39.1 Å². The molecule has 2 atom stereocenters. The lowest BCUT2D eigenvalue weighted by molar-refractivity contribution is 0.183. The molecule has 0 radical (unpaired) electrons. The minimum absolute atomic E-state index is 0.246. The molecule has 2 amide bonds. The second kappa shape index (κ2) is 7.67. The van der Waals surface area contributed by atoms with Crippen molar-refractivity contribution in [3.8, 4) is 5.75 Å². The molecule has 1 aliphatic heterocycles. The summed E-state index contributed by atoms with van der Waals surface area (Å²) in [7, 11) is 1.64. The van der Waals surface area contributed by atoms with Crippen molar-refractivity contribution in [1.29, 1.82) is 0 Å². The third-order valence-corrected chi connectivity index (χ3v) is 5.51. The van der Waals surface area contributed by atoms with Gasteiger partial charge in [0.05, 0.1) is 6.54 Å². The summed E-state index contributed by atoms with van der Waals surface area (Å²) in [4.78, 5) is 14.8. The number of hydrogen-bond acceptors (Lipinski definition) is 6. The highest BCUT2D eigenvalue weighted by molar-refractivity contribution is 9.09. The minimum Gasteiger partial charge on any atom is -0.482 e. The van der Waals surface area contributed by atoms with Crippen molar-refractivity contribution in [2.45, 2.75) is 25.7 Å². The Bertz CT molecular complexity index is 756. The maximum atomic E-state index is 12.1. The molecule has 9 heteroatoms. The Kier molecular flexibility index (Phi) is 5.55. The summed E-state index contributed by atoms with van der Waals surface area (Å²) in [6.45, 7) is 2.34. The summed E-state index contributed by atoms with van der Waals surface area (Å²) in [6.07, 6.45) is -0.310. The van der Waals surface area contributed by atoms with E-state index < -0.39 is 6.23 Å². The highest BCUT2D eigenvalue weighted by atomic mass is 79.9. The van der Waals surface area contributed by atoms with Gasteiger partial charge in [0.1, 0.15) is 5.75 Å². The van der Waals surface area contributed by atoms with Crippen LogP contribution >= 0.6 is 27.3 Å². The van der Waals surface area contributed by atoms with Crippen molar-refractivity contribution in [2.75, 3.05) is 23.8 Å². The normalized spacial score (nSPS) is 18.7. The van der Waals surface area contributed by atoms with Crippen LogP contribution in [0.2, 0.25) is 0 Å². The van der Waals surface area contributed by atoms with Gasteiger partial charge in [-0.1, -0.05) is 46.3 Å². The molecular formula is C16H19BrN4O3S. The van der Waals surface area contributed by atoms with Crippen LogP contribution in [0.3, 0.4) is 0 Å². The molecule has 2 heterocycles. The van der Waals surface area contributed by atoms with Gasteiger partial charge >= 0.3 is 6.03 Å². The lowest BCUT2D eigenvalue weighted by atomic mass is 10.2. The first-order chi connectivity index (χ1) is 12.0. The number of nitrogens with zero attached hydrogens (tertiary/aromatic N) is 4. The first-order valence-corrected chi connectivity index (χ1v) is 9.84. The SMILES string of the molecule is CCc1cccc(OC(CBr)c2nnc(N3C(=O)N(C)CC3O)s2)c1. The Balaban J connectivity index is 1.78. The number of urea groups is 1. The quantitative estimate of drug-likeness (QED) is 0.718. The number of amides is 2. The summed E-state index contributed by atoms with van der Waals surface area (Å²) in [6, 6.07) is 7.62. The van der Waals surface area contributed by atoms with E-state index in [9.17, 15) is 9.90 Å². The van der Waals surface area contributed by atoms with Gasteiger partial charge in [-0.05, 0) is 24.1 Å². The summed E-state index contributed by atoms with van der Waals surface area (Å²) in [5.41, 5.74) is 1.19.